The maximum Gasteiger partial charge on any atom is 0.0473 e. The van der Waals surface area contributed by atoms with Crippen molar-refractivity contribution in [1.82, 2.24) is 10.6 Å². The summed E-state index contributed by atoms with van der Waals surface area (Å²) in [6, 6.07) is 0. The maximum absolute atomic E-state index is 4.27. The van der Waals surface area contributed by atoms with Gasteiger partial charge in [-0.25, -0.2) is 0 Å². The molecule has 1 aliphatic rings. The first-order valence-corrected chi connectivity index (χ1v) is 4.93. The Bertz CT molecular complexity index is 100. The third-order valence-corrected chi connectivity index (χ3v) is 2.34. The largest absolute Gasteiger partial charge is 0.317 e. The van der Waals surface area contributed by atoms with Crippen LogP contribution in [0.3, 0.4) is 0 Å². The molecule has 1 aliphatic heterocycles. The number of rotatable bonds is 3. The molecule has 0 amide bonds. The fourth-order valence-corrected chi connectivity index (χ4v) is 1.53. The molecule has 0 aromatic carbocycles. The fourth-order valence-electron chi connectivity index (χ4n) is 1.42. The van der Waals surface area contributed by atoms with E-state index in [1.54, 1.807) is 0 Å². The van der Waals surface area contributed by atoms with Crippen LogP contribution >= 0.6 is 12.6 Å². The van der Waals surface area contributed by atoms with Gasteiger partial charge in [-0.05, 0) is 45.3 Å². The van der Waals surface area contributed by atoms with Crippen LogP contribution < -0.4 is 10.6 Å². The van der Waals surface area contributed by atoms with Gasteiger partial charge in [0.25, 0.3) is 0 Å². The van der Waals surface area contributed by atoms with Gasteiger partial charge in [-0.3, -0.25) is 0 Å². The molecule has 3 heteroatoms. The van der Waals surface area contributed by atoms with E-state index < -0.39 is 0 Å². The Morgan fingerprint density at radius 1 is 1.55 bits per heavy atom. The fraction of sp³-hybridized carbons (Fsp3) is 1.00. The summed E-state index contributed by atoms with van der Waals surface area (Å²) in [5, 5.41) is 7.04. The number of hydrogen-bond donors (Lipinski definition) is 3. The molecule has 0 bridgehead atoms. The smallest absolute Gasteiger partial charge is 0.0473 e. The normalized spacial score (nSPS) is 23.5. The first-order chi connectivity index (χ1) is 5.29. The lowest BCUT2D eigenvalue weighted by molar-refractivity contribution is 0.356. The van der Waals surface area contributed by atoms with Gasteiger partial charge >= 0.3 is 0 Å². The molecule has 1 rings (SSSR count). The highest BCUT2D eigenvalue weighted by Crippen LogP contribution is 2.10. The summed E-state index contributed by atoms with van der Waals surface area (Å²) in [7, 11) is 0. The van der Waals surface area contributed by atoms with E-state index in [9.17, 15) is 0 Å². The van der Waals surface area contributed by atoms with Crippen molar-refractivity contribution in [2.24, 2.45) is 5.92 Å². The zero-order valence-electron chi connectivity index (χ0n) is 7.14. The summed E-state index contributed by atoms with van der Waals surface area (Å²) in [5.74, 6) is 0.867. The highest BCUT2D eigenvalue weighted by molar-refractivity contribution is 7.80. The predicted octanol–water partition coefficient (Wildman–Crippen LogP) is 0.851. The van der Waals surface area contributed by atoms with Crippen molar-refractivity contribution in [3.8, 4) is 0 Å². The second-order valence-electron chi connectivity index (χ2n) is 3.28. The van der Waals surface area contributed by atoms with Gasteiger partial charge in [0.1, 0.15) is 0 Å². The first kappa shape index (κ1) is 9.36. The molecular weight excluding hydrogens is 156 g/mol. The maximum atomic E-state index is 4.27. The van der Waals surface area contributed by atoms with Crippen LogP contribution in [0.1, 0.15) is 19.8 Å². The van der Waals surface area contributed by atoms with E-state index in [2.05, 4.69) is 30.2 Å². The Balaban J connectivity index is 2.05. The molecule has 0 aromatic heterocycles. The lowest BCUT2D eigenvalue weighted by atomic mass is 9.98. The van der Waals surface area contributed by atoms with Crippen LogP contribution in [0.5, 0.6) is 0 Å². The van der Waals surface area contributed by atoms with Gasteiger partial charge < -0.3 is 10.6 Å². The summed E-state index contributed by atoms with van der Waals surface area (Å²) >= 11 is 4.27. The Morgan fingerprint density at radius 3 is 2.73 bits per heavy atom. The molecule has 1 saturated heterocycles. The van der Waals surface area contributed by atoms with Crippen LogP contribution in [0.2, 0.25) is 0 Å². The Labute approximate surface area is 74.5 Å². The second kappa shape index (κ2) is 5.01. The molecular formula is C8H18N2S. The van der Waals surface area contributed by atoms with Gasteiger partial charge in [0, 0.05) is 5.37 Å². The van der Waals surface area contributed by atoms with Gasteiger partial charge in [0.15, 0.2) is 0 Å². The minimum absolute atomic E-state index is 0.338. The lowest BCUT2D eigenvalue weighted by Crippen LogP contribution is -2.35. The SMILES string of the molecule is CC(S)NCC1CCNCC1. The van der Waals surface area contributed by atoms with Crippen molar-refractivity contribution in [2.45, 2.75) is 25.1 Å². The van der Waals surface area contributed by atoms with Gasteiger partial charge in [0.05, 0.1) is 0 Å². The van der Waals surface area contributed by atoms with E-state index in [-0.39, 0.29) is 0 Å². The molecule has 2 N–H and O–H groups in total. The van der Waals surface area contributed by atoms with Crippen LogP contribution in [0.4, 0.5) is 0 Å². The van der Waals surface area contributed by atoms with E-state index in [0.717, 1.165) is 12.5 Å². The topological polar surface area (TPSA) is 24.1 Å². The van der Waals surface area contributed by atoms with Gasteiger partial charge in [-0.15, -0.1) is 0 Å². The van der Waals surface area contributed by atoms with Crippen LogP contribution in [0.25, 0.3) is 0 Å². The van der Waals surface area contributed by atoms with Gasteiger partial charge in [0.2, 0.25) is 0 Å². The summed E-state index contributed by atoms with van der Waals surface area (Å²) in [5.41, 5.74) is 0. The van der Waals surface area contributed by atoms with Gasteiger partial charge in [-0.1, -0.05) is 0 Å². The van der Waals surface area contributed by atoms with E-state index >= 15 is 0 Å². The monoisotopic (exact) mass is 174 g/mol. The highest BCUT2D eigenvalue weighted by Gasteiger charge is 2.12. The minimum atomic E-state index is 0.338. The molecule has 0 aliphatic carbocycles. The van der Waals surface area contributed by atoms with Crippen molar-refractivity contribution in [2.75, 3.05) is 19.6 Å². The summed E-state index contributed by atoms with van der Waals surface area (Å²) < 4.78 is 0. The molecule has 0 radical (unpaired) electrons. The van der Waals surface area contributed by atoms with E-state index in [1.807, 2.05) is 0 Å². The molecule has 1 heterocycles. The Hall–Kier alpha value is 0.270. The third kappa shape index (κ3) is 3.99. The van der Waals surface area contributed by atoms with E-state index in [0.29, 0.717) is 5.37 Å². The van der Waals surface area contributed by atoms with E-state index in [4.69, 9.17) is 0 Å². The van der Waals surface area contributed by atoms with Crippen molar-refractivity contribution in [1.29, 1.82) is 0 Å². The second-order valence-corrected chi connectivity index (χ2v) is 4.05. The zero-order chi connectivity index (χ0) is 8.10. The quantitative estimate of drug-likeness (QED) is 0.436. The minimum Gasteiger partial charge on any atom is -0.317 e. The number of nitrogens with one attached hydrogen (secondary N) is 2. The Morgan fingerprint density at radius 2 is 2.18 bits per heavy atom. The number of thiol groups is 1. The van der Waals surface area contributed by atoms with Crippen LogP contribution in [0, 0.1) is 5.92 Å². The number of piperidine rings is 1. The number of hydrogen-bond acceptors (Lipinski definition) is 3. The molecule has 0 saturated carbocycles. The van der Waals surface area contributed by atoms with Crippen LogP contribution in [-0.4, -0.2) is 25.0 Å². The van der Waals surface area contributed by atoms with Crippen molar-refractivity contribution < 1.29 is 0 Å². The van der Waals surface area contributed by atoms with Crippen LogP contribution in [0.15, 0.2) is 0 Å². The highest BCUT2D eigenvalue weighted by atomic mass is 32.1. The predicted molar refractivity (Wildman–Crippen MR) is 52.0 cm³/mol. The molecule has 1 atom stereocenters. The summed E-state index contributed by atoms with van der Waals surface area (Å²) in [6.45, 7) is 5.58. The summed E-state index contributed by atoms with van der Waals surface area (Å²) in [6.07, 6.45) is 2.63. The average molecular weight is 174 g/mol. The first-order valence-electron chi connectivity index (χ1n) is 4.41. The lowest BCUT2D eigenvalue weighted by Gasteiger charge is -2.23. The van der Waals surface area contributed by atoms with Crippen molar-refractivity contribution >= 4 is 12.6 Å². The molecule has 1 unspecified atom stereocenters. The summed E-state index contributed by atoms with van der Waals surface area (Å²) in [4.78, 5) is 0. The molecule has 0 aromatic rings. The van der Waals surface area contributed by atoms with Crippen molar-refractivity contribution in [3.63, 3.8) is 0 Å². The third-order valence-electron chi connectivity index (χ3n) is 2.16. The zero-order valence-corrected chi connectivity index (χ0v) is 8.03. The average Bonchev–Trinajstić information content (AvgIpc) is 2.03. The standard InChI is InChI=1S/C8H18N2S/c1-7(11)10-6-8-2-4-9-5-3-8/h7-11H,2-6H2,1H3. The molecule has 2 nitrogen and oxygen atoms in total. The molecule has 11 heavy (non-hydrogen) atoms. The van der Waals surface area contributed by atoms with Crippen LogP contribution in [-0.2, 0) is 0 Å². The molecule has 66 valence electrons. The van der Waals surface area contributed by atoms with Gasteiger partial charge in [-0.2, -0.15) is 12.6 Å². The Kier molecular flexibility index (Phi) is 4.26. The van der Waals surface area contributed by atoms with E-state index in [1.165, 1.54) is 25.9 Å². The molecule has 0 spiro atoms. The van der Waals surface area contributed by atoms with Crippen molar-refractivity contribution in [3.05, 3.63) is 0 Å². The molecule has 1 fully saturated rings.